The van der Waals surface area contributed by atoms with Crippen LogP contribution in [0.3, 0.4) is 0 Å². The fourth-order valence-corrected chi connectivity index (χ4v) is 4.05. The van der Waals surface area contributed by atoms with Crippen LogP contribution in [0.1, 0.15) is 46.5 Å². The lowest BCUT2D eigenvalue weighted by atomic mass is 9.95. The van der Waals surface area contributed by atoms with Gasteiger partial charge in [0, 0.05) is 22.8 Å². The molecule has 1 aromatic rings. The fraction of sp³-hybridized carbons (Fsp3) is 0.643. The molecule has 3 rings (SSSR count). The normalized spacial score (nSPS) is 22.2. The summed E-state index contributed by atoms with van der Waals surface area (Å²) >= 11 is 1.77. The Hall–Kier alpha value is -0.580. The Bertz CT molecular complexity index is 441. The maximum absolute atomic E-state index is 12.3. The molecule has 1 aliphatic carbocycles. The van der Waals surface area contributed by atoms with E-state index in [4.69, 9.17) is 0 Å². The van der Waals surface area contributed by atoms with Crippen LogP contribution in [0.4, 0.5) is 0 Å². The zero-order valence-corrected chi connectivity index (χ0v) is 12.7. The molecule has 0 saturated carbocycles. The second-order valence-electron chi connectivity index (χ2n) is 5.27. The summed E-state index contributed by atoms with van der Waals surface area (Å²) in [6, 6.07) is 0.311. The van der Waals surface area contributed by atoms with E-state index >= 15 is 0 Å². The summed E-state index contributed by atoms with van der Waals surface area (Å²) in [5, 5.41) is 8.57. The third-order valence-electron chi connectivity index (χ3n) is 3.94. The van der Waals surface area contributed by atoms with Gasteiger partial charge < -0.3 is 10.6 Å². The molecule has 1 amide bonds. The first-order valence-electron chi connectivity index (χ1n) is 6.95. The molecule has 1 fully saturated rings. The molecule has 1 aliphatic heterocycles. The molecule has 2 aliphatic rings. The van der Waals surface area contributed by atoms with Crippen LogP contribution < -0.4 is 10.6 Å². The quantitative estimate of drug-likeness (QED) is 0.881. The van der Waals surface area contributed by atoms with Crippen molar-refractivity contribution in [2.45, 2.75) is 44.6 Å². The molecule has 5 heteroatoms. The Morgan fingerprint density at radius 3 is 2.95 bits per heavy atom. The molecule has 0 aromatic carbocycles. The monoisotopic (exact) mass is 300 g/mol. The van der Waals surface area contributed by atoms with Gasteiger partial charge in [0.25, 0.3) is 5.91 Å². The van der Waals surface area contributed by atoms with E-state index in [2.05, 4.69) is 16.0 Å². The minimum atomic E-state index is 0. The van der Waals surface area contributed by atoms with Crippen LogP contribution in [0.5, 0.6) is 0 Å². The summed E-state index contributed by atoms with van der Waals surface area (Å²) in [7, 11) is 0. The molecule has 19 heavy (non-hydrogen) atoms. The predicted molar refractivity (Wildman–Crippen MR) is 81.6 cm³/mol. The number of rotatable bonds is 2. The number of carbonyl (C=O) groups excluding carboxylic acids is 1. The molecular weight excluding hydrogens is 280 g/mol. The smallest absolute Gasteiger partial charge is 0.252 e. The van der Waals surface area contributed by atoms with Gasteiger partial charge in [-0.3, -0.25) is 4.79 Å². The minimum absolute atomic E-state index is 0. The maximum Gasteiger partial charge on any atom is 0.252 e. The lowest BCUT2D eigenvalue weighted by Gasteiger charge is -2.24. The van der Waals surface area contributed by atoms with E-state index in [1.165, 1.54) is 23.3 Å². The minimum Gasteiger partial charge on any atom is -0.348 e. The number of hydrogen-bond acceptors (Lipinski definition) is 3. The summed E-state index contributed by atoms with van der Waals surface area (Å²) < 4.78 is 0. The van der Waals surface area contributed by atoms with E-state index in [1.54, 1.807) is 11.3 Å². The van der Waals surface area contributed by atoms with Crippen molar-refractivity contribution in [2.24, 2.45) is 0 Å². The number of aryl methyl sites for hydroxylation is 1. The van der Waals surface area contributed by atoms with E-state index in [0.717, 1.165) is 44.3 Å². The molecule has 2 heterocycles. The van der Waals surface area contributed by atoms with Crippen LogP contribution in [0.15, 0.2) is 5.38 Å². The molecule has 3 nitrogen and oxygen atoms in total. The van der Waals surface area contributed by atoms with Crippen LogP contribution in [0.25, 0.3) is 0 Å². The van der Waals surface area contributed by atoms with Gasteiger partial charge >= 0.3 is 0 Å². The molecule has 106 valence electrons. The summed E-state index contributed by atoms with van der Waals surface area (Å²) in [5.41, 5.74) is 2.27. The van der Waals surface area contributed by atoms with E-state index in [9.17, 15) is 4.79 Å². The van der Waals surface area contributed by atoms with Crippen molar-refractivity contribution in [2.75, 3.05) is 13.1 Å². The number of nitrogens with one attached hydrogen (secondary N) is 2. The molecule has 1 unspecified atom stereocenters. The van der Waals surface area contributed by atoms with Crippen molar-refractivity contribution in [3.05, 3.63) is 21.4 Å². The van der Waals surface area contributed by atoms with Crippen molar-refractivity contribution in [3.8, 4) is 0 Å². The van der Waals surface area contributed by atoms with Gasteiger partial charge in [0.2, 0.25) is 0 Å². The van der Waals surface area contributed by atoms with Crippen LogP contribution >= 0.6 is 23.7 Å². The summed E-state index contributed by atoms with van der Waals surface area (Å²) in [4.78, 5) is 13.8. The van der Waals surface area contributed by atoms with Crippen molar-refractivity contribution in [3.63, 3.8) is 0 Å². The standard InChI is InChI=1S/C14H20N2OS.ClH/c17-14(16-10-4-3-7-15-8-10)12-9-18-13-6-2-1-5-11(12)13;/h9-10,15H,1-8H2,(H,16,17);1H. The molecule has 1 atom stereocenters. The highest BCUT2D eigenvalue weighted by Gasteiger charge is 2.22. The van der Waals surface area contributed by atoms with E-state index in [0.29, 0.717) is 6.04 Å². The number of halogens is 1. The number of thiophene rings is 1. The highest BCUT2D eigenvalue weighted by molar-refractivity contribution is 7.10. The van der Waals surface area contributed by atoms with E-state index in [1.807, 2.05) is 0 Å². The van der Waals surface area contributed by atoms with Crippen molar-refractivity contribution in [1.82, 2.24) is 10.6 Å². The number of fused-ring (bicyclic) bond motifs is 1. The Labute approximate surface area is 124 Å². The van der Waals surface area contributed by atoms with Gasteiger partial charge in [-0.1, -0.05) is 0 Å². The Morgan fingerprint density at radius 1 is 1.32 bits per heavy atom. The third kappa shape index (κ3) is 3.30. The lowest BCUT2D eigenvalue weighted by Crippen LogP contribution is -2.45. The zero-order chi connectivity index (χ0) is 12.4. The molecule has 1 aromatic heterocycles. The van der Waals surface area contributed by atoms with Crippen molar-refractivity contribution in [1.29, 1.82) is 0 Å². The van der Waals surface area contributed by atoms with Gasteiger partial charge in [-0.25, -0.2) is 0 Å². The second-order valence-corrected chi connectivity index (χ2v) is 6.24. The first kappa shape index (κ1) is 14.8. The first-order chi connectivity index (χ1) is 8.84. The Balaban J connectivity index is 0.00000133. The second kappa shape index (κ2) is 6.73. The predicted octanol–water partition coefficient (Wildman–Crippen LogP) is 2.53. The summed E-state index contributed by atoms with van der Waals surface area (Å²) in [5.74, 6) is 0.142. The summed E-state index contributed by atoms with van der Waals surface area (Å²) in [6.07, 6.45) is 7.02. The topological polar surface area (TPSA) is 41.1 Å². The van der Waals surface area contributed by atoms with Crippen molar-refractivity contribution >= 4 is 29.7 Å². The Kier molecular flexibility index (Phi) is 5.25. The lowest BCUT2D eigenvalue weighted by molar-refractivity contribution is 0.0930. The maximum atomic E-state index is 12.3. The van der Waals surface area contributed by atoms with Gasteiger partial charge in [0.15, 0.2) is 0 Å². The number of amides is 1. The highest BCUT2D eigenvalue weighted by atomic mass is 35.5. The van der Waals surface area contributed by atoms with Gasteiger partial charge in [-0.15, -0.1) is 23.7 Å². The van der Waals surface area contributed by atoms with Gasteiger partial charge in [0.05, 0.1) is 5.56 Å². The molecular formula is C14H21ClN2OS. The average molecular weight is 301 g/mol. The van der Waals surface area contributed by atoms with Crippen LogP contribution in [-0.4, -0.2) is 25.0 Å². The molecule has 1 saturated heterocycles. The summed E-state index contributed by atoms with van der Waals surface area (Å²) in [6.45, 7) is 2.00. The largest absolute Gasteiger partial charge is 0.348 e. The Morgan fingerprint density at radius 2 is 2.16 bits per heavy atom. The van der Waals surface area contributed by atoms with E-state index < -0.39 is 0 Å². The third-order valence-corrected chi connectivity index (χ3v) is 5.03. The van der Waals surface area contributed by atoms with E-state index in [-0.39, 0.29) is 18.3 Å². The average Bonchev–Trinajstić information content (AvgIpc) is 2.84. The highest BCUT2D eigenvalue weighted by Crippen LogP contribution is 2.30. The molecule has 0 spiro atoms. The van der Waals surface area contributed by atoms with Crippen LogP contribution in [0.2, 0.25) is 0 Å². The van der Waals surface area contributed by atoms with Crippen LogP contribution in [-0.2, 0) is 12.8 Å². The zero-order valence-electron chi connectivity index (χ0n) is 11.0. The van der Waals surface area contributed by atoms with Crippen LogP contribution in [0, 0.1) is 0 Å². The fourth-order valence-electron chi connectivity index (χ4n) is 2.92. The number of carbonyl (C=O) groups is 1. The van der Waals surface area contributed by atoms with Gasteiger partial charge in [-0.2, -0.15) is 0 Å². The molecule has 0 radical (unpaired) electrons. The van der Waals surface area contributed by atoms with Gasteiger partial charge in [0.1, 0.15) is 0 Å². The number of hydrogen-bond donors (Lipinski definition) is 2. The van der Waals surface area contributed by atoms with Gasteiger partial charge in [-0.05, 0) is 50.6 Å². The molecule has 2 N–H and O–H groups in total. The SMILES string of the molecule is Cl.O=C(NC1CCCNC1)c1csc2c1CCCC2. The molecule has 0 bridgehead atoms. The first-order valence-corrected chi connectivity index (χ1v) is 7.83. The number of piperidine rings is 1. The van der Waals surface area contributed by atoms with Crippen molar-refractivity contribution < 1.29 is 4.79 Å².